The Morgan fingerprint density at radius 1 is 1.24 bits per heavy atom. The van der Waals surface area contributed by atoms with Gasteiger partial charge in [-0.1, -0.05) is 18.2 Å². The second-order valence-corrected chi connectivity index (χ2v) is 3.62. The maximum atomic E-state index is 5.59. The van der Waals surface area contributed by atoms with Crippen molar-refractivity contribution in [3.05, 3.63) is 42.5 Å². The van der Waals surface area contributed by atoms with Gasteiger partial charge in [-0.15, -0.1) is 0 Å². The molecule has 0 saturated carbocycles. The molecule has 2 aromatic rings. The molecule has 1 aromatic heterocycles. The fourth-order valence-corrected chi connectivity index (χ4v) is 1.55. The number of para-hydroxylation sites is 1. The number of ether oxygens (including phenoxy) is 1. The van der Waals surface area contributed by atoms with Gasteiger partial charge in [0.05, 0.1) is 13.2 Å². The van der Waals surface area contributed by atoms with E-state index in [4.69, 9.17) is 10.5 Å². The van der Waals surface area contributed by atoms with Crippen LogP contribution in [0.25, 0.3) is 0 Å². The van der Waals surface area contributed by atoms with Crippen LogP contribution < -0.4 is 10.5 Å². The summed E-state index contributed by atoms with van der Waals surface area (Å²) in [6.45, 7) is 1.85. The lowest BCUT2D eigenvalue weighted by atomic mass is 10.3. The Kier molecular flexibility index (Phi) is 4.10. The van der Waals surface area contributed by atoms with Crippen LogP contribution >= 0.6 is 0 Å². The third-order valence-electron chi connectivity index (χ3n) is 2.40. The van der Waals surface area contributed by atoms with Crippen molar-refractivity contribution in [1.29, 1.82) is 0 Å². The number of rotatable bonds is 6. The molecule has 0 radical (unpaired) electrons. The van der Waals surface area contributed by atoms with E-state index in [-0.39, 0.29) is 0 Å². The number of nitrogens with two attached hydrogens (primary N) is 1. The highest BCUT2D eigenvalue weighted by Gasteiger charge is 2.01. The minimum atomic E-state index is 0.416. The third kappa shape index (κ3) is 3.29. The molecule has 0 amide bonds. The van der Waals surface area contributed by atoms with E-state index in [0.717, 1.165) is 24.5 Å². The number of hydrogen-bond donors (Lipinski definition) is 1. The largest absolute Gasteiger partial charge is 0.494 e. The smallest absolute Gasteiger partial charge is 0.140 e. The van der Waals surface area contributed by atoms with Crippen LogP contribution in [-0.4, -0.2) is 21.4 Å². The van der Waals surface area contributed by atoms with Crippen LogP contribution in [0.1, 0.15) is 12.2 Å². The fraction of sp³-hybridized carbons (Fsp3) is 0.333. The topological polar surface area (TPSA) is 66.0 Å². The van der Waals surface area contributed by atoms with E-state index in [1.165, 1.54) is 6.33 Å². The lowest BCUT2D eigenvalue weighted by Crippen LogP contribution is -2.12. The summed E-state index contributed by atoms with van der Waals surface area (Å²) in [6.07, 6.45) is 2.41. The predicted octanol–water partition coefficient (Wildman–Crippen LogP) is 1.21. The van der Waals surface area contributed by atoms with Crippen LogP contribution in [0.2, 0.25) is 0 Å². The van der Waals surface area contributed by atoms with Gasteiger partial charge in [0.15, 0.2) is 0 Å². The van der Waals surface area contributed by atoms with Crippen molar-refractivity contribution < 1.29 is 4.74 Å². The molecule has 1 aromatic carbocycles. The number of hydrogen-bond acceptors (Lipinski definition) is 4. The lowest BCUT2D eigenvalue weighted by molar-refractivity contribution is 0.297. The minimum absolute atomic E-state index is 0.416. The predicted molar refractivity (Wildman–Crippen MR) is 64.5 cm³/mol. The first-order valence-corrected chi connectivity index (χ1v) is 5.65. The Bertz CT molecular complexity index is 441. The highest BCUT2D eigenvalue weighted by atomic mass is 16.5. The molecule has 0 fully saturated rings. The summed E-state index contributed by atoms with van der Waals surface area (Å²) in [5, 5.41) is 4.10. The average molecular weight is 232 g/mol. The molecule has 0 saturated heterocycles. The van der Waals surface area contributed by atoms with Crippen LogP contribution in [0.5, 0.6) is 5.75 Å². The summed E-state index contributed by atoms with van der Waals surface area (Å²) < 4.78 is 7.40. The second-order valence-electron chi connectivity index (χ2n) is 3.62. The normalized spacial score (nSPS) is 10.4. The van der Waals surface area contributed by atoms with Gasteiger partial charge < -0.3 is 10.5 Å². The highest BCUT2D eigenvalue weighted by molar-refractivity contribution is 5.20. The molecule has 0 aliphatic heterocycles. The molecule has 0 unspecified atom stereocenters. The summed E-state index contributed by atoms with van der Waals surface area (Å²) in [5.41, 5.74) is 5.54. The van der Waals surface area contributed by atoms with Crippen LogP contribution in [-0.2, 0) is 13.1 Å². The van der Waals surface area contributed by atoms with Crippen molar-refractivity contribution in [1.82, 2.24) is 14.8 Å². The lowest BCUT2D eigenvalue weighted by Gasteiger charge is -2.06. The van der Waals surface area contributed by atoms with Crippen molar-refractivity contribution in [2.45, 2.75) is 19.5 Å². The number of aryl methyl sites for hydroxylation is 1. The van der Waals surface area contributed by atoms with Crippen molar-refractivity contribution in [2.24, 2.45) is 5.73 Å². The van der Waals surface area contributed by atoms with E-state index in [1.807, 2.05) is 35.0 Å². The standard InChI is InChI=1S/C12H16N4O/c13-9-12-14-10-15-16(12)7-4-8-17-11-5-2-1-3-6-11/h1-3,5-6,10H,4,7-9,13H2. The molecule has 90 valence electrons. The Labute approximate surface area is 100 Å². The SMILES string of the molecule is NCc1ncnn1CCCOc1ccccc1. The zero-order chi connectivity index (χ0) is 11.9. The van der Waals surface area contributed by atoms with Crippen LogP contribution in [0.4, 0.5) is 0 Å². The van der Waals surface area contributed by atoms with Gasteiger partial charge in [-0.05, 0) is 12.1 Å². The van der Waals surface area contributed by atoms with Gasteiger partial charge in [0, 0.05) is 13.0 Å². The summed E-state index contributed by atoms with van der Waals surface area (Å²) in [5.74, 6) is 1.70. The zero-order valence-electron chi connectivity index (χ0n) is 9.62. The molecule has 0 aliphatic rings. The Morgan fingerprint density at radius 3 is 2.82 bits per heavy atom. The Balaban J connectivity index is 1.73. The summed E-state index contributed by atoms with van der Waals surface area (Å²) in [7, 11) is 0. The number of aromatic nitrogens is 3. The van der Waals surface area contributed by atoms with E-state index >= 15 is 0 Å². The van der Waals surface area contributed by atoms with Gasteiger partial charge in [-0.2, -0.15) is 5.10 Å². The minimum Gasteiger partial charge on any atom is -0.494 e. The number of nitrogens with zero attached hydrogens (tertiary/aromatic N) is 3. The maximum Gasteiger partial charge on any atom is 0.140 e. The number of benzene rings is 1. The van der Waals surface area contributed by atoms with Crippen LogP contribution in [0.15, 0.2) is 36.7 Å². The van der Waals surface area contributed by atoms with Crippen molar-refractivity contribution in [3.8, 4) is 5.75 Å². The van der Waals surface area contributed by atoms with E-state index < -0.39 is 0 Å². The summed E-state index contributed by atoms with van der Waals surface area (Å²) >= 11 is 0. The van der Waals surface area contributed by atoms with Crippen molar-refractivity contribution >= 4 is 0 Å². The fourth-order valence-electron chi connectivity index (χ4n) is 1.55. The molecule has 2 N–H and O–H groups in total. The molecule has 0 aliphatic carbocycles. The van der Waals surface area contributed by atoms with Gasteiger partial charge in [0.1, 0.15) is 17.9 Å². The van der Waals surface area contributed by atoms with Crippen molar-refractivity contribution in [2.75, 3.05) is 6.61 Å². The molecule has 2 rings (SSSR count). The molecule has 5 nitrogen and oxygen atoms in total. The molecule has 0 atom stereocenters. The second kappa shape index (κ2) is 6.00. The van der Waals surface area contributed by atoms with Gasteiger partial charge in [0.25, 0.3) is 0 Å². The molecule has 0 spiro atoms. The van der Waals surface area contributed by atoms with Gasteiger partial charge in [-0.25, -0.2) is 9.67 Å². The first-order valence-electron chi connectivity index (χ1n) is 5.65. The van der Waals surface area contributed by atoms with E-state index in [1.54, 1.807) is 0 Å². The average Bonchev–Trinajstić information content (AvgIpc) is 2.83. The van der Waals surface area contributed by atoms with Gasteiger partial charge in [-0.3, -0.25) is 0 Å². The zero-order valence-corrected chi connectivity index (χ0v) is 9.62. The quantitative estimate of drug-likeness (QED) is 0.760. The molecule has 1 heterocycles. The molecule has 17 heavy (non-hydrogen) atoms. The summed E-state index contributed by atoms with van der Waals surface area (Å²) in [6, 6.07) is 9.77. The molecular weight excluding hydrogens is 216 g/mol. The summed E-state index contributed by atoms with van der Waals surface area (Å²) in [4.78, 5) is 4.06. The van der Waals surface area contributed by atoms with E-state index in [0.29, 0.717) is 13.2 Å². The molecular formula is C12H16N4O. The first kappa shape index (κ1) is 11.6. The Hall–Kier alpha value is -1.88. The molecule has 0 bridgehead atoms. The first-order chi connectivity index (χ1) is 8.40. The third-order valence-corrected chi connectivity index (χ3v) is 2.40. The van der Waals surface area contributed by atoms with E-state index in [2.05, 4.69) is 10.1 Å². The van der Waals surface area contributed by atoms with E-state index in [9.17, 15) is 0 Å². The highest BCUT2D eigenvalue weighted by Crippen LogP contribution is 2.08. The monoisotopic (exact) mass is 232 g/mol. The van der Waals surface area contributed by atoms with Gasteiger partial charge >= 0.3 is 0 Å². The van der Waals surface area contributed by atoms with Crippen molar-refractivity contribution in [3.63, 3.8) is 0 Å². The Morgan fingerprint density at radius 2 is 2.06 bits per heavy atom. The molecule has 5 heteroatoms. The maximum absolute atomic E-state index is 5.59. The van der Waals surface area contributed by atoms with Crippen LogP contribution in [0.3, 0.4) is 0 Å². The van der Waals surface area contributed by atoms with Crippen LogP contribution in [0, 0.1) is 0 Å². The van der Waals surface area contributed by atoms with Gasteiger partial charge in [0.2, 0.25) is 0 Å².